The molecule has 1 heterocycles. The highest BCUT2D eigenvalue weighted by molar-refractivity contribution is 5.82. The third-order valence-corrected chi connectivity index (χ3v) is 10.7. The van der Waals surface area contributed by atoms with Crippen molar-refractivity contribution in [3.8, 4) is 0 Å². The molecule has 0 unspecified atom stereocenters. The molecule has 2 atom stereocenters. The van der Waals surface area contributed by atoms with Crippen molar-refractivity contribution in [3.63, 3.8) is 0 Å². The number of rotatable bonds is 10. The van der Waals surface area contributed by atoms with Crippen LogP contribution in [0.4, 0.5) is 4.79 Å². The number of likely N-dealkylation sites (tertiary alicyclic amines) is 1. The van der Waals surface area contributed by atoms with Gasteiger partial charge in [0, 0.05) is 6.54 Å². The highest BCUT2D eigenvalue weighted by atomic mass is 16.5. The first-order valence-electron chi connectivity index (χ1n) is 17.5. The third kappa shape index (κ3) is 6.89. The zero-order valence-corrected chi connectivity index (χ0v) is 27.5. The highest BCUT2D eigenvalue weighted by Crippen LogP contribution is 2.43. The van der Waals surface area contributed by atoms with Crippen molar-refractivity contribution in [1.82, 2.24) is 4.90 Å². The number of hydrogen-bond acceptors (Lipinski definition) is 3. The lowest BCUT2D eigenvalue weighted by atomic mass is 9.71. The van der Waals surface area contributed by atoms with E-state index in [9.17, 15) is 9.90 Å². The number of hydrogen-bond donors (Lipinski definition) is 1. The van der Waals surface area contributed by atoms with Crippen molar-refractivity contribution in [1.29, 1.82) is 0 Å². The first-order valence-corrected chi connectivity index (χ1v) is 17.5. The van der Waals surface area contributed by atoms with E-state index in [1.54, 1.807) is 0 Å². The van der Waals surface area contributed by atoms with E-state index in [0.717, 1.165) is 54.4 Å². The number of ether oxygens (including phenoxy) is 2. The van der Waals surface area contributed by atoms with Crippen LogP contribution in [0.5, 0.6) is 0 Å². The number of piperidine rings is 1. The molecule has 2 fully saturated rings. The van der Waals surface area contributed by atoms with Crippen LogP contribution in [0.2, 0.25) is 0 Å². The Morgan fingerprint density at radius 1 is 0.688 bits per heavy atom. The summed E-state index contributed by atoms with van der Waals surface area (Å²) in [6, 6.07) is 46.6. The molecule has 246 valence electrons. The summed E-state index contributed by atoms with van der Waals surface area (Å²) in [6.07, 6.45) is 4.28. The zero-order chi connectivity index (χ0) is 32.8. The summed E-state index contributed by atoms with van der Waals surface area (Å²) >= 11 is 0. The molecule has 1 saturated carbocycles. The second-order valence-corrected chi connectivity index (χ2v) is 13.6. The average Bonchev–Trinajstić information content (AvgIpc) is 3.15. The van der Waals surface area contributed by atoms with Gasteiger partial charge in [0.1, 0.15) is 5.60 Å². The van der Waals surface area contributed by atoms with E-state index in [0.29, 0.717) is 44.1 Å². The number of carbonyl (C=O) groups is 1. The van der Waals surface area contributed by atoms with E-state index in [2.05, 4.69) is 133 Å². The monoisotopic (exact) mass is 639 g/mol. The molecule has 1 N–H and O–H groups in total. The molecule has 1 aliphatic heterocycles. The minimum atomic E-state index is -0.854. The van der Waals surface area contributed by atoms with Crippen LogP contribution < -0.4 is 0 Å². The number of carboxylic acid groups (broad SMARTS) is 1. The second kappa shape index (κ2) is 14.8. The van der Waals surface area contributed by atoms with Crippen LogP contribution in [-0.4, -0.2) is 41.9 Å². The molecule has 5 nitrogen and oxygen atoms in total. The maximum absolute atomic E-state index is 12.0. The van der Waals surface area contributed by atoms with Crippen LogP contribution in [0.3, 0.4) is 0 Å². The van der Waals surface area contributed by atoms with Gasteiger partial charge in [-0.1, -0.05) is 127 Å². The van der Waals surface area contributed by atoms with Gasteiger partial charge in [-0.3, -0.25) is 0 Å². The Morgan fingerprint density at radius 2 is 1.25 bits per heavy atom. The smallest absolute Gasteiger partial charge is 0.407 e. The maximum Gasteiger partial charge on any atom is 0.407 e. The number of benzene rings is 5. The van der Waals surface area contributed by atoms with Crippen LogP contribution in [0.25, 0.3) is 10.8 Å². The van der Waals surface area contributed by atoms with Gasteiger partial charge in [0.2, 0.25) is 0 Å². The highest BCUT2D eigenvalue weighted by Gasteiger charge is 2.41. The van der Waals surface area contributed by atoms with Crippen LogP contribution in [0.1, 0.15) is 54.4 Å². The molecule has 5 aromatic rings. The molecular formula is C43H45NO4. The van der Waals surface area contributed by atoms with Crippen molar-refractivity contribution in [3.05, 3.63) is 156 Å². The lowest BCUT2D eigenvalue weighted by molar-refractivity contribution is -0.0694. The Morgan fingerprint density at radius 3 is 1.83 bits per heavy atom. The fraction of sp³-hybridized carbons (Fsp3) is 0.326. The molecule has 1 amide bonds. The Labute approximate surface area is 284 Å². The van der Waals surface area contributed by atoms with Crippen molar-refractivity contribution in [2.45, 2.75) is 50.4 Å². The van der Waals surface area contributed by atoms with Crippen molar-refractivity contribution < 1.29 is 19.4 Å². The lowest BCUT2D eigenvalue weighted by Crippen LogP contribution is -2.49. The van der Waals surface area contributed by atoms with Gasteiger partial charge in [-0.05, 0) is 89.0 Å². The molecule has 5 heteroatoms. The predicted octanol–water partition coefficient (Wildman–Crippen LogP) is 9.54. The van der Waals surface area contributed by atoms with E-state index in [4.69, 9.17) is 9.47 Å². The van der Waals surface area contributed by atoms with Crippen LogP contribution >= 0.6 is 0 Å². The van der Waals surface area contributed by atoms with Crippen molar-refractivity contribution in [2.75, 3.05) is 19.7 Å². The fourth-order valence-corrected chi connectivity index (χ4v) is 8.15. The Bertz CT molecular complexity index is 1670. The predicted molar refractivity (Wildman–Crippen MR) is 191 cm³/mol. The Kier molecular flexibility index (Phi) is 9.87. The molecule has 0 spiro atoms. The molecule has 1 aliphatic carbocycles. The van der Waals surface area contributed by atoms with Gasteiger partial charge >= 0.3 is 6.09 Å². The summed E-state index contributed by atoms with van der Waals surface area (Å²) in [5, 5.41) is 12.2. The maximum atomic E-state index is 12.0. The Balaban J connectivity index is 1.05. The fourth-order valence-electron chi connectivity index (χ4n) is 8.15. The molecular weight excluding hydrogens is 594 g/mol. The third-order valence-electron chi connectivity index (χ3n) is 10.7. The van der Waals surface area contributed by atoms with E-state index < -0.39 is 11.7 Å². The molecule has 1 saturated heterocycles. The summed E-state index contributed by atoms with van der Waals surface area (Å²) in [4.78, 5) is 13.5. The second-order valence-electron chi connectivity index (χ2n) is 13.6. The van der Waals surface area contributed by atoms with Gasteiger partial charge in [-0.25, -0.2) is 4.79 Å². The van der Waals surface area contributed by atoms with E-state index in [1.165, 1.54) is 15.7 Å². The van der Waals surface area contributed by atoms with Gasteiger partial charge in [0.25, 0.3) is 0 Å². The van der Waals surface area contributed by atoms with E-state index in [-0.39, 0.29) is 6.10 Å². The van der Waals surface area contributed by atoms with E-state index >= 15 is 0 Å². The zero-order valence-electron chi connectivity index (χ0n) is 27.5. The van der Waals surface area contributed by atoms with Crippen molar-refractivity contribution in [2.24, 2.45) is 17.8 Å². The standard InChI is InChI=1S/C43H45NO4/c45-42(46)44-27-26-40(41(29-44)47-30-33-22-23-34-12-10-11-13-36(34)28-33)35-24-20-32(21-25-35)31-48-43(37-14-4-1-5-15-37,38-16-6-2-7-17-38)39-18-8-3-9-19-39/h1-19,22-23,28,32,35,40-41H,20-21,24-27,29-31H2,(H,45,46)/t32?,35?,40-,41+/m1/s1. The van der Waals surface area contributed by atoms with Crippen LogP contribution in [-0.2, 0) is 21.7 Å². The van der Waals surface area contributed by atoms with Gasteiger partial charge in [0.15, 0.2) is 0 Å². The quantitative estimate of drug-likeness (QED) is 0.155. The largest absolute Gasteiger partial charge is 0.465 e. The van der Waals surface area contributed by atoms with Crippen LogP contribution in [0.15, 0.2) is 133 Å². The number of nitrogens with zero attached hydrogens (tertiary/aromatic N) is 1. The number of amides is 1. The molecule has 0 aromatic heterocycles. The van der Waals surface area contributed by atoms with Crippen LogP contribution in [0, 0.1) is 17.8 Å². The SMILES string of the molecule is O=C(O)N1CC[C@H](C2CCC(COC(c3ccccc3)(c3ccccc3)c3ccccc3)CC2)[C@@H](OCc2ccc3ccccc3c2)C1. The minimum Gasteiger partial charge on any atom is -0.465 e. The first-order chi connectivity index (χ1) is 23.6. The summed E-state index contributed by atoms with van der Waals surface area (Å²) in [6.45, 7) is 2.17. The summed E-state index contributed by atoms with van der Waals surface area (Å²) in [5.74, 6) is 1.31. The summed E-state index contributed by atoms with van der Waals surface area (Å²) in [5.41, 5.74) is 3.82. The molecule has 0 bridgehead atoms. The normalized spacial score (nSPS) is 21.6. The molecule has 5 aromatic carbocycles. The average molecular weight is 640 g/mol. The summed E-state index contributed by atoms with van der Waals surface area (Å²) in [7, 11) is 0. The molecule has 0 radical (unpaired) electrons. The molecule has 7 rings (SSSR count). The van der Waals surface area contributed by atoms with Gasteiger partial charge in [-0.15, -0.1) is 0 Å². The molecule has 2 aliphatic rings. The van der Waals surface area contributed by atoms with Gasteiger partial charge in [0.05, 0.1) is 25.9 Å². The van der Waals surface area contributed by atoms with Gasteiger partial charge < -0.3 is 19.5 Å². The molecule has 48 heavy (non-hydrogen) atoms. The van der Waals surface area contributed by atoms with Gasteiger partial charge in [-0.2, -0.15) is 0 Å². The number of fused-ring (bicyclic) bond motifs is 1. The van der Waals surface area contributed by atoms with Crippen molar-refractivity contribution >= 4 is 16.9 Å². The minimum absolute atomic E-state index is 0.110. The lowest BCUT2D eigenvalue weighted by Gasteiger charge is -2.43. The first kappa shape index (κ1) is 32.1. The van der Waals surface area contributed by atoms with E-state index in [1.807, 2.05) is 0 Å². The Hall–Kier alpha value is -4.45. The topological polar surface area (TPSA) is 59.0 Å². The summed E-state index contributed by atoms with van der Waals surface area (Å²) < 4.78 is 13.8.